The van der Waals surface area contributed by atoms with Crippen LogP contribution in [0.15, 0.2) is 70.4 Å². The van der Waals surface area contributed by atoms with Gasteiger partial charge in [-0.05, 0) is 54.6 Å². The Morgan fingerprint density at radius 1 is 1.03 bits per heavy atom. The van der Waals surface area contributed by atoms with Crippen molar-refractivity contribution in [2.75, 3.05) is 0 Å². The number of benzene rings is 2. The number of esters is 2. The number of carbonyl (C=O) groups excluding carboxylic acids is 3. The van der Waals surface area contributed by atoms with Crippen molar-refractivity contribution in [3.05, 3.63) is 82.8 Å². The molecule has 0 spiro atoms. The Balaban J connectivity index is 1.57. The molecular weight excluding hydrogens is 452 g/mol. The summed E-state index contributed by atoms with van der Waals surface area (Å²) in [5.41, 5.74) is 0.883. The minimum Gasteiger partial charge on any atom is -0.457 e. The third kappa shape index (κ3) is 4.88. The molecular formula is C23H17ClN2O7. The molecule has 9 nitrogen and oxygen atoms in total. The molecule has 2 heterocycles. The summed E-state index contributed by atoms with van der Waals surface area (Å²) in [4.78, 5) is 35.7. The van der Waals surface area contributed by atoms with Gasteiger partial charge in [-0.3, -0.25) is 9.59 Å². The lowest BCUT2D eigenvalue weighted by Gasteiger charge is -2.19. The van der Waals surface area contributed by atoms with Crippen molar-refractivity contribution >= 4 is 35.3 Å². The third-order valence-electron chi connectivity index (χ3n) is 4.49. The van der Waals surface area contributed by atoms with E-state index in [9.17, 15) is 14.4 Å². The van der Waals surface area contributed by atoms with E-state index in [-0.39, 0.29) is 29.1 Å². The van der Waals surface area contributed by atoms with E-state index in [4.69, 9.17) is 30.2 Å². The molecule has 0 N–H and O–H groups in total. The zero-order valence-electron chi connectivity index (χ0n) is 17.5. The Kier molecular flexibility index (Phi) is 6.14. The van der Waals surface area contributed by atoms with E-state index in [1.54, 1.807) is 36.4 Å². The maximum Gasteiger partial charge on any atom is 0.379 e. The van der Waals surface area contributed by atoms with Gasteiger partial charge < -0.3 is 18.6 Å². The van der Waals surface area contributed by atoms with Crippen LogP contribution in [0.4, 0.5) is 0 Å². The van der Waals surface area contributed by atoms with Crippen molar-refractivity contribution in [2.24, 2.45) is 5.10 Å². The fourth-order valence-electron chi connectivity index (χ4n) is 3.06. The summed E-state index contributed by atoms with van der Waals surface area (Å²) in [6.45, 7) is 2.61. The Morgan fingerprint density at radius 3 is 2.42 bits per heavy atom. The average Bonchev–Trinajstić information content (AvgIpc) is 3.46. The van der Waals surface area contributed by atoms with E-state index < -0.39 is 18.2 Å². The molecule has 0 fully saturated rings. The minimum absolute atomic E-state index is 0.0577. The lowest BCUT2D eigenvalue weighted by atomic mass is 10.1. The smallest absolute Gasteiger partial charge is 0.379 e. The van der Waals surface area contributed by atoms with Gasteiger partial charge in [0, 0.05) is 24.4 Å². The molecule has 10 heteroatoms. The Bertz CT molecular complexity index is 1240. The van der Waals surface area contributed by atoms with Crippen LogP contribution in [0.25, 0.3) is 0 Å². The average molecular weight is 469 g/mol. The summed E-state index contributed by atoms with van der Waals surface area (Å²) in [5.74, 6) is -0.946. The van der Waals surface area contributed by atoms with E-state index in [1.807, 2.05) is 0 Å². The quantitative estimate of drug-likeness (QED) is 0.405. The van der Waals surface area contributed by atoms with Crippen LogP contribution in [0.3, 0.4) is 0 Å². The van der Waals surface area contributed by atoms with E-state index in [1.165, 1.54) is 38.3 Å². The first kappa shape index (κ1) is 22.1. The molecule has 0 saturated heterocycles. The van der Waals surface area contributed by atoms with Gasteiger partial charge in [0.25, 0.3) is 0 Å². The molecule has 1 aliphatic heterocycles. The van der Waals surface area contributed by atoms with Crippen LogP contribution in [0.1, 0.15) is 41.8 Å². The first-order valence-electron chi connectivity index (χ1n) is 9.71. The van der Waals surface area contributed by atoms with Crippen LogP contribution in [-0.4, -0.2) is 28.8 Å². The van der Waals surface area contributed by atoms with Crippen LogP contribution >= 0.6 is 11.6 Å². The fraction of sp³-hybridized carbons (Fsp3) is 0.130. The van der Waals surface area contributed by atoms with E-state index in [0.29, 0.717) is 16.1 Å². The maximum atomic E-state index is 12.2. The van der Waals surface area contributed by atoms with Crippen molar-refractivity contribution in [1.29, 1.82) is 0 Å². The summed E-state index contributed by atoms with van der Waals surface area (Å²) in [7, 11) is 0. The monoisotopic (exact) mass is 468 g/mol. The second-order valence-corrected chi connectivity index (χ2v) is 7.35. The van der Waals surface area contributed by atoms with Crippen LogP contribution < -0.4 is 9.47 Å². The highest BCUT2D eigenvalue weighted by molar-refractivity contribution is 6.31. The zero-order chi connectivity index (χ0) is 23.5. The molecule has 0 radical (unpaired) electrons. The first-order valence-corrected chi connectivity index (χ1v) is 10.1. The van der Waals surface area contributed by atoms with Crippen LogP contribution in [-0.2, 0) is 14.3 Å². The predicted octanol–water partition coefficient (Wildman–Crippen LogP) is 4.32. The number of nitrogens with zero attached hydrogens (tertiary/aromatic N) is 2. The van der Waals surface area contributed by atoms with Crippen molar-refractivity contribution in [3.63, 3.8) is 0 Å². The van der Waals surface area contributed by atoms with Gasteiger partial charge in [-0.25, -0.2) is 4.79 Å². The van der Waals surface area contributed by atoms with E-state index in [0.717, 1.165) is 5.01 Å². The van der Waals surface area contributed by atoms with Gasteiger partial charge >= 0.3 is 11.9 Å². The molecule has 2 aromatic carbocycles. The largest absolute Gasteiger partial charge is 0.457 e. The normalized spacial score (nSPS) is 14.9. The SMILES string of the molecule is CC(=O)Oc1ccc(Cl)cc1C1=NN(C(C)=O)[C@@H](c2ccc(OC(=O)c3ccco3)cc2)O1. The summed E-state index contributed by atoms with van der Waals surface area (Å²) < 4.78 is 21.4. The molecule has 1 aromatic heterocycles. The molecule has 168 valence electrons. The Morgan fingerprint density at radius 2 is 1.79 bits per heavy atom. The van der Waals surface area contributed by atoms with E-state index >= 15 is 0 Å². The third-order valence-corrected chi connectivity index (χ3v) is 4.73. The molecule has 0 unspecified atom stereocenters. The number of furan rings is 1. The molecule has 1 amide bonds. The molecule has 0 bridgehead atoms. The molecule has 0 aliphatic carbocycles. The molecule has 1 aliphatic rings. The van der Waals surface area contributed by atoms with Gasteiger partial charge in [0.15, 0.2) is 0 Å². The number of halogens is 1. The van der Waals surface area contributed by atoms with Gasteiger partial charge in [0.05, 0.1) is 11.8 Å². The lowest BCUT2D eigenvalue weighted by molar-refractivity contribution is -0.135. The summed E-state index contributed by atoms with van der Waals surface area (Å²) in [6.07, 6.45) is 0.481. The molecule has 0 saturated carbocycles. The number of rotatable bonds is 5. The standard InChI is InChI=1S/C23H17ClN2O7/c1-13(27)26-22(15-5-8-17(9-6-15)32-23(29)20-4-3-11-30-20)33-21(25-26)18-12-16(24)7-10-19(18)31-14(2)28/h3-12,22H,1-2H3/t22-/m1/s1. The van der Waals surface area contributed by atoms with Gasteiger partial charge in [-0.2, -0.15) is 5.01 Å². The van der Waals surface area contributed by atoms with Crippen molar-refractivity contribution in [1.82, 2.24) is 5.01 Å². The number of carbonyl (C=O) groups is 3. The number of hydrogen-bond acceptors (Lipinski definition) is 8. The van der Waals surface area contributed by atoms with Crippen molar-refractivity contribution in [3.8, 4) is 11.5 Å². The molecule has 33 heavy (non-hydrogen) atoms. The van der Waals surface area contributed by atoms with E-state index in [2.05, 4.69) is 5.10 Å². The predicted molar refractivity (Wildman–Crippen MR) is 116 cm³/mol. The van der Waals surface area contributed by atoms with Crippen LogP contribution in [0, 0.1) is 0 Å². The second kappa shape index (κ2) is 9.17. The zero-order valence-corrected chi connectivity index (χ0v) is 18.2. The topological polar surface area (TPSA) is 108 Å². The van der Waals surface area contributed by atoms with Gasteiger partial charge in [-0.15, -0.1) is 5.10 Å². The van der Waals surface area contributed by atoms with Gasteiger partial charge in [0.1, 0.15) is 11.5 Å². The van der Waals surface area contributed by atoms with Crippen molar-refractivity contribution in [2.45, 2.75) is 20.1 Å². The highest BCUT2D eigenvalue weighted by atomic mass is 35.5. The highest BCUT2D eigenvalue weighted by Gasteiger charge is 2.34. The lowest BCUT2D eigenvalue weighted by Crippen LogP contribution is -2.25. The molecule has 1 atom stereocenters. The first-order chi connectivity index (χ1) is 15.8. The molecule has 3 aromatic rings. The van der Waals surface area contributed by atoms with Crippen LogP contribution in [0.5, 0.6) is 11.5 Å². The second-order valence-electron chi connectivity index (χ2n) is 6.91. The minimum atomic E-state index is -0.892. The summed E-state index contributed by atoms with van der Waals surface area (Å²) >= 11 is 6.10. The number of hydrogen-bond donors (Lipinski definition) is 0. The maximum absolute atomic E-state index is 12.2. The molecule has 4 rings (SSSR count). The summed E-state index contributed by atoms with van der Waals surface area (Å²) in [5, 5.41) is 5.78. The Labute approximate surface area is 193 Å². The van der Waals surface area contributed by atoms with Gasteiger partial charge in [0.2, 0.25) is 23.8 Å². The fourth-order valence-corrected chi connectivity index (χ4v) is 3.23. The number of hydrazone groups is 1. The number of amides is 1. The summed E-state index contributed by atoms with van der Waals surface area (Å²) in [6, 6.07) is 14.0. The van der Waals surface area contributed by atoms with Gasteiger partial charge in [-0.1, -0.05) is 11.6 Å². The number of ether oxygens (including phenoxy) is 3. The Hall–Kier alpha value is -4.11. The highest BCUT2D eigenvalue weighted by Crippen LogP contribution is 2.34. The van der Waals surface area contributed by atoms with Crippen molar-refractivity contribution < 1.29 is 33.0 Å². The van der Waals surface area contributed by atoms with Crippen LogP contribution in [0.2, 0.25) is 5.02 Å².